The summed E-state index contributed by atoms with van der Waals surface area (Å²) in [4.78, 5) is 16.7. The summed E-state index contributed by atoms with van der Waals surface area (Å²) in [7, 11) is 0. The van der Waals surface area contributed by atoms with Crippen LogP contribution in [0.4, 0.5) is 16.0 Å². The number of nitrogens with two attached hydrogens (primary N) is 1. The van der Waals surface area contributed by atoms with Crippen LogP contribution in [0.2, 0.25) is 0 Å². The second-order valence-electron chi connectivity index (χ2n) is 13.4. The van der Waals surface area contributed by atoms with E-state index in [0.29, 0.717) is 26.4 Å². The molecule has 0 aliphatic carbocycles. The first-order valence-corrected chi connectivity index (χ1v) is 16.5. The number of hydrogen-bond acceptors (Lipinski definition) is 9. The van der Waals surface area contributed by atoms with Crippen molar-refractivity contribution in [3.63, 3.8) is 0 Å². The summed E-state index contributed by atoms with van der Waals surface area (Å²) in [5.74, 6) is 1.60. The Morgan fingerprint density at radius 1 is 0.935 bits per heavy atom. The lowest BCUT2D eigenvalue weighted by Crippen LogP contribution is -2.47. The summed E-state index contributed by atoms with van der Waals surface area (Å²) in [5, 5.41) is 5.01. The highest BCUT2D eigenvalue weighted by atomic mass is 19.1. The van der Waals surface area contributed by atoms with Crippen LogP contribution in [-0.2, 0) is 9.47 Å². The number of halogens is 1. The van der Waals surface area contributed by atoms with E-state index in [1.165, 1.54) is 6.07 Å². The number of benzene rings is 1. The zero-order valence-electron chi connectivity index (χ0n) is 27.3. The monoisotopic (exact) mass is 630 g/mol. The zero-order valence-corrected chi connectivity index (χ0v) is 27.3. The maximum atomic E-state index is 14.0. The van der Waals surface area contributed by atoms with Crippen LogP contribution in [0.15, 0.2) is 60.8 Å². The lowest BCUT2D eigenvalue weighted by Gasteiger charge is -2.35. The molecule has 2 saturated heterocycles. The van der Waals surface area contributed by atoms with Gasteiger partial charge in [0.15, 0.2) is 5.65 Å². The minimum Gasteiger partial charge on any atom is -0.378 e. The normalized spacial score (nSPS) is 18.5. The quantitative estimate of drug-likeness (QED) is 0.222. The van der Waals surface area contributed by atoms with Crippen molar-refractivity contribution < 1.29 is 13.9 Å². The van der Waals surface area contributed by atoms with Crippen molar-refractivity contribution in [3.8, 4) is 11.4 Å². The van der Waals surface area contributed by atoms with Crippen molar-refractivity contribution >= 4 is 17.3 Å². The molecule has 2 aliphatic heterocycles. The number of ether oxygens (including phenoxy) is 2. The molecule has 1 unspecified atom stereocenters. The molecule has 2 N–H and O–H groups in total. The topological polar surface area (TPSA) is 97.3 Å². The number of piperazine rings is 1. The lowest BCUT2D eigenvalue weighted by molar-refractivity contribution is 0.0244. The van der Waals surface area contributed by atoms with Crippen molar-refractivity contribution in [3.05, 3.63) is 72.2 Å². The van der Waals surface area contributed by atoms with Crippen LogP contribution in [0.25, 0.3) is 17.0 Å². The molecule has 246 valence electrons. The van der Waals surface area contributed by atoms with Crippen molar-refractivity contribution in [1.29, 1.82) is 0 Å². The molecular weight excluding hydrogens is 583 g/mol. The van der Waals surface area contributed by atoms with Gasteiger partial charge in [-0.1, -0.05) is 39.0 Å². The summed E-state index contributed by atoms with van der Waals surface area (Å²) in [6.07, 6.45) is 3.84. The molecule has 0 amide bonds. The fourth-order valence-electron chi connectivity index (χ4n) is 6.11. The molecule has 46 heavy (non-hydrogen) atoms. The Kier molecular flexibility index (Phi) is 10.1. The van der Waals surface area contributed by atoms with Crippen LogP contribution >= 0.6 is 0 Å². The van der Waals surface area contributed by atoms with Crippen molar-refractivity contribution in [2.24, 2.45) is 11.1 Å². The van der Waals surface area contributed by atoms with E-state index in [9.17, 15) is 4.39 Å². The largest absolute Gasteiger partial charge is 0.378 e. The molecule has 0 bridgehead atoms. The Balaban J connectivity index is 1.03. The minimum absolute atomic E-state index is 0.0186. The van der Waals surface area contributed by atoms with Gasteiger partial charge in [-0.2, -0.15) is 0 Å². The smallest absolute Gasteiger partial charge is 0.154 e. The molecule has 1 aromatic carbocycles. The highest BCUT2D eigenvalue weighted by Gasteiger charge is 2.28. The van der Waals surface area contributed by atoms with Gasteiger partial charge in [-0.05, 0) is 60.2 Å². The number of fused-ring (bicyclic) bond motifs is 1. The molecule has 2 fully saturated rings. The van der Waals surface area contributed by atoms with Crippen LogP contribution in [0, 0.1) is 11.2 Å². The third-order valence-corrected chi connectivity index (χ3v) is 9.16. The lowest BCUT2D eigenvalue weighted by atomic mass is 9.88. The average molecular weight is 631 g/mol. The maximum Gasteiger partial charge on any atom is 0.154 e. The first-order valence-electron chi connectivity index (χ1n) is 16.5. The number of pyridine rings is 1. The fraction of sp³-hybridized carbons (Fsp3) is 0.514. The standard InChI is InChI=1S/C35H47FN8O2/c1-35(2,3)31(37)25-46-22-21-45-20-19-41-15-17-42(18-16-41)33-11-5-9-28(39-33)30-24-38-32-12-13-34(40-44(30)32)43-14-6-10-29(43)26-7-4-8-27(36)23-26/h4-5,7-9,11-13,23-24,29,31H,6,10,14-22,25,37H2,1-3H3/t29?,31-/m1/s1. The van der Waals surface area contributed by atoms with Crippen LogP contribution < -0.4 is 15.5 Å². The van der Waals surface area contributed by atoms with Gasteiger partial charge in [-0.3, -0.25) is 4.90 Å². The molecule has 6 rings (SSSR count). The molecule has 5 heterocycles. The van der Waals surface area contributed by atoms with Crippen LogP contribution in [0.1, 0.15) is 45.2 Å². The molecule has 2 atom stereocenters. The molecule has 0 spiro atoms. The molecule has 4 aromatic rings. The predicted molar refractivity (Wildman–Crippen MR) is 180 cm³/mol. The maximum absolute atomic E-state index is 14.0. The molecule has 11 heteroatoms. The Morgan fingerprint density at radius 3 is 2.54 bits per heavy atom. The zero-order chi connectivity index (χ0) is 32.1. The van der Waals surface area contributed by atoms with E-state index >= 15 is 0 Å². The number of anilines is 2. The SMILES string of the molecule is CC(C)(C)[C@H](N)COCCOCCN1CCN(c2cccc(-c3cnc4ccc(N5CCCC5c5cccc(F)c5)nn34)n2)CC1. The van der Waals surface area contributed by atoms with Crippen LogP contribution in [0.5, 0.6) is 0 Å². The Morgan fingerprint density at radius 2 is 1.74 bits per heavy atom. The van der Waals surface area contributed by atoms with Gasteiger partial charge in [0.1, 0.15) is 23.1 Å². The molecular formula is C35H47FN8O2. The van der Waals surface area contributed by atoms with Gasteiger partial charge in [0.05, 0.1) is 44.4 Å². The number of hydrogen-bond donors (Lipinski definition) is 1. The predicted octanol–water partition coefficient (Wildman–Crippen LogP) is 4.80. The van der Waals surface area contributed by atoms with Gasteiger partial charge in [0, 0.05) is 45.3 Å². The Hall–Kier alpha value is -3.64. The number of imidazole rings is 1. The molecule has 0 saturated carbocycles. The van der Waals surface area contributed by atoms with E-state index in [2.05, 4.69) is 52.6 Å². The van der Waals surface area contributed by atoms with Crippen molar-refractivity contribution in [2.45, 2.75) is 45.7 Å². The van der Waals surface area contributed by atoms with Gasteiger partial charge in [0.2, 0.25) is 0 Å². The van der Waals surface area contributed by atoms with E-state index in [4.69, 9.17) is 25.3 Å². The molecule has 0 radical (unpaired) electrons. The van der Waals surface area contributed by atoms with E-state index in [0.717, 1.165) is 86.3 Å². The highest BCUT2D eigenvalue weighted by molar-refractivity contribution is 5.62. The van der Waals surface area contributed by atoms with E-state index < -0.39 is 0 Å². The van der Waals surface area contributed by atoms with Crippen molar-refractivity contribution in [1.82, 2.24) is 24.5 Å². The van der Waals surface area contributed by atoms with Gasteiger partial charge in [-0.25, -0.2) is 18.9 Å². The van der Waals surface area contributed by atoms with Gasteiger partial charge in [0.25, 0.3) is 0 Å². The first-order chi connectivity index (χ1) is 22.3. The van der Waals surface area contributed by atoms with Gasteiger partial charge >= 0.3 is 0 Å². The summed E-state index contributed by atoms with van der Waals surface area (Å²) in [6, 6.07) is 17.2. The number of aromatic nitrogens is 4. The minimum atomic E-state index is -0.208. The second-order valence-corrected chi connectivity index (χ2v) is 13.4. The Labute approximate surface area is 271 Å². The van der Waals surface area contributed by atoms with Crippen LogP contribution in [0.3, 0.4) is 0 Å². The van der Waals surface area contributed by atoms with Gasteiger partial charge < -0.3 is 25.0 Å². The molecule has 10 nitrogen and oxygen atoms in total. The van der Waals surface area contributed by atoms with Gasteiger partial charge in [-0.15, -0.1) is 5.10 Å². The average Bonchev–Trinajstić information content (AvgIpc) is 3.72. The number of rotatable bonds is 12. The summed E-state index contributed by atoms with van der Waals surface area (Å²) < 4.78 is 27.4. The van der Waals surface area contributed by atoms with Crippen LogP contribution in [-0.4, -0.2) is 96.2 Å². The van der Waals surface area contributed by atoms with E-state index in [1.54, 1.807) is 12.1 Å². The second kappa shape index (κ2) is 14.4. The molecule has 2 aliphatic rings. The summed E-state index contributed by atoms with van der Waals surface area (Å²) in [5.41, 5.74) is 9.62. The Bertz CT molecular complexity index is 1580. The van der Waals surface area contributed by atoms with E-state index in [1.807, 2.05) is 35.0 Å². The first kappa shape index (κ1) is 32.3. The summed E-state index contributed by atoms with van der Waals surface area (Å²) in [6.45, 7) is 14.2. The summed E-state index contributed by atoms with van der Waals surface area (Å²) >= 11 is 0. The third-order valence-electron chi connectivity index (χ3n) is 9.16. The molecule has 3 aromatic heterocycles. The number of nitrogens with zero attached hydrogens (tertiary/aromatic N) is 7. The highest BCUT2D eigenvalue weighted by Crippen LogP contribution is 2.36. The van der Waals surface area contributed by atoms with Crippen molar-refractivity contribution in [2.75, 3.05) is 75.5 Å². The van der Waals surface area contributed by atoms with E-state index in [-0.39, 0.29) is 23.3 Å². The third kappa shape index (κ3) is 7.66. The fourth-order valence-corrected chi connectivity index (χ4v) is 6.11.